The van der Waals surface area contributed by atoms with Gasteiger partial charge in [-0.2, -0.15) is 11.8 Å². The van der Waals surface area contributed by atoms with Crippen molar-refractivity contribution in [3.05, 3.63) is 12.2 Å². The van der Waals surface area contributed by atoms with E-state index >= 15 is 0 Å². The second kappa shape index (κ2) is 4.10. The Morgan fingerprint density at radius 3 is 3.00 bits per heavy atom. The quantitative estimate of drug-likeness (QED) is 0.659. The molecule has 1 fully saturated rings. The number of Topliss-reactive ketones (excluding diaryl/α,β-unsaturated/α-hetero) is 1. The molecule has 0 aromatic rings. The van der Waals surface area contributed by atoms with Crippen LogP contribution in [-0.4, -0.2) is 28.5 Å². The third-order valence-electron chi connectivity index (χ3n) is 2.09. The van der Waals surface area contributed by atoms with Gasteiger partial charge >= 0.3 is 0 Å². The van der Waals surface area contributed by atoms with Gasteiger partial charge in [0, 0.05) is 17.9 Å². The Morgan fingerprint density at radius 2 is 2.50 bits per heavy atom. The number of thioether (sulfide) groups is 1. The molecule has 2 nitrogen and oxygen atoms in total. The Labute approximate surface area is 77.0 Å². The first-order valence-electron chi connectivity index (χ1n) is 4.07. The zero-order chi connectivity index (χ0) is 9.14. The van der Waals surface area contributed by atoms with Crippen molar-refractivity contribution >= 4 is 17.5 Å². The summed E-state index contributed by atoms with van der Waals surface area (Å²) in [5.74, 6) is 1.62. The van der Waals surface area contributed by atoms with Crippen molar-refractivity contribution in [2.24, 2.45) is 5.92 Å². The first kappa shape index (κ1) is 9.81. The van der Waals surface area contributed by atoms with E-state index in [1.165, 1.54) is 0 Å². The van der Waals surface area contributed by atoms with Gasteiger partial charge in [0.15, 0.2) is 0 Å². The standard InChI is InChI=1S/C9H14O2S/c1-6(2)9(11)7-5-12-4-3-8(7)10/h7,9,11H,1,3-5H2,2H3/t7-,9+/m1/s1. The number of aliphatic hydroxyl groups excluding tert-OH is 1. The maximum absolute atomic E-state index is 11.3. The molecule has 12 heavy (non-hydrogen) atoms. The third-order valence-corrected chi connectivity index (χ3v) is 3.18. The summed E-state index contributed by atoms with van der Waals surface area (Å²) in [6, 6.07) is 0. The van der Waals surface area contributed by atoms with Crippen molar-refractivity contribution < 1.29 is 9.90 Å². The van der Waals surface area contributed by atoms with E-state index in [0.717, 1.165) is 11.5 Å². The molecule has 1 N–H and O–H groups in total. The molecule has 0 unspecified atom stereocenters. The van der Waals surface area contributed by atoms with Crippen LogP contribution in [-0.2, 0) is 4.79 Å². The highest BCUT2D eigenvalue weighted by Gasteiger charge is 2.29. The van der Waals surface area contributed by atoms with Crippen molar-refractivity contribution in [1.29, 1.82) is 0 Å². The molecule has 1 saturated heterocycles. The summed E-state index contributed by atoms with van der Waals surface area (Å²) in [5, 5.41) is 9.59. The maximum atomic E-state index is 11.3. The lowest BCUT2D eigenvalue weighted by atomic mass is 9.93. The highest BCUT2D eigenvalue weighted by Crippen LogP contribution is 2.24. The van der Waals surface area contributed by atoms with Crippen LogP contribution in [0.25, 0.3) is 0 Å². The van der Waals surface area contributed by atoms with E-state index in [1.54, 1.807) is 18.7 Å². The predicted octanol–water partition coefficient (Wildman–Crippen LogP) is 1.25. The van der Waals surface area contributed by atoms with Gasteiger partial charge in [-0.15, -0.1) is 0 Å². The van der Waals surface area contributed by atoms with Crippen LogP contribution in [0.4, 0.5) is 0 Å². The minimum absolute atomic E-state index is 0.184. The largest absolute Gasteiger partial charge is 0.388 e. The van der Waals surface area contributed by atoms with Crippen LogP contribution in [0, 0.1) is 5.92 Å². The number of ketones is 1. The number of hydrogen-bond donors (Lipinski definition) is 1. The second-order valence-electron chi connectivity index (χ2n) is 3.19. The topological polar surface area (TPSA) is 37.3 Å². The molecule has 1 aliphatic heterocycles. The Bertz CT molecular complexity index is 201. The second-order valence-corrected chi connectivity index (χ2v) is 4.34. The van der Waals surface area contributed by atoms with Crippen LogP contribution in [0.2, 0.25) is 0 Å². The van der Waals surface area contributed by atoms with Gasteiger partial charge in [0.2, 0.25) is 0 Å². The van der Waals surface area contributed by atoms with Gasteiger partial charge in [0.25, 0.3) is 0 Å². The normalized spacial score (nSPS) is 26.8. The van der Waals surface area contributed by atoms with Crippen LogP contribution in [0.3, 0.4) is 0 Å². The fraction of sp³-hybridized carbons (Fsp3) is 0.667. The summed E-state index contributed by atoms with van der Waals surface area (Å²) >= 11 is 1.73. The zero-order valence-electron chi connectivity index (χ0n) is 7.25. The zero-order valence-corrected chi connectivity index (χ0v) is 8.06. The van der Waals surface area contributed by atoms with Crippen LogP contribution in [0.15, 0.2) is 12.2 Å². The lowest BCUT2D eigenvalue weighted by Gasteiger charge is -2.25. The van der Waals surface area contributed by atoms with Crippen LogP contribution in [0.1, 0.15) is 13.3 Å². The molecule has 1 aliphatic rings. The molecular weight excluding hydrogens is 172 g/mol. The molecule has 0 spiro atoms. The summed E-state index contributed by atoms with van der Waals surface area (Å²) < 4.78 is 0. The molecule has 0 aromatic heterocycles. The Balaban J connectivity index is 2.59. The van der Waals surface area contributed by atoms with Gasteiger partial charge in [-0.1, -0.05) is 12.2 Å². The minimum Gasteiger partial charge on any atom is -0.388 e. The molecular formula is C9H14O2S. The lowest BCUT2D eigenvalue weighted by Crippen LogP contribution is -2.34. The Morgan fingerprint density at radius 1 is 1.83 bits per heavy atom. The predicted molar refractivity (Wildman–Crippen MR) is 51.3 cm³/mol. The molecule has 68 valence electrons. The first-order valence-corrected chi connectivity index (χ1v) is 5.22. The monoisotopic (exact) mass is 186 g/mol. The average molecular weight is 186 g/mol. The van der Waals surface area contributed by atoms with E-state index in [2.05, 4.69) is 6.58 Å². The Hall–Kier alpha value is -0.280. The summed E-state index contributed by atoms with van der Waals surface area (Å²) in [6.07, 6.45) is -0.0371. The Kier molecular flexibility index (Phi) is 3.35. The van der Waals surface area contributed by atoms with Crippen molar-refractivity contribution in [1.82, 2.24) is 0 Å². The van der Waals surface area contributed by atoms with E-state index in [0.29, 0.717) is 12.0 Å². The van der Waals surface area contributed by atoms with Crippen LogP contribution >= 0.6 is 11.8 Å². The summed E-state index contributed by atoms with van der Waals surface area (Å²) in [4.78, 5) is 11.3. The number of aliphatic hydroxyl groups is 1. The number of rotatable bonds is 2. The molecule has 0 radical (unpaired) electrons. The molecule has 0 bridgehead atoms. The number of hydrogen-bond acceptors (Lipinski definition) is 3. The van der Waals surface area contributed by atoms with E-state index in [9.17, 15) is 9.90 Å². The fourth-order valence-electron chi connectivity index (χ4n) is 1.27. The molecule has 0 saturated carbocycles. The number of carbonyl (C=O) groups is 1. The van der Waals surface area contributed by atoms with Crippen molar-refractivity contribution in [2.75, 3.05) is 11.5 Å². The van der Waals surface area contributed by atoms with Gasteiger partial charge in [-0.3, -0.25) is 4.79 Å². The molecule has 1 rings (SSSR count). The molecule has 0 aromatic carbocycles. The van der Waals surface area contributed by atoms with Gasteiger partial charge in [0.1, 0.15) is 5.78 Å². The van der Waals surface area contributed by atoms with Gasteiger partial charge in [-0.25, -0.2) is 0 Å². The number of carbonyl (C=O) groups excluding carboxylic acids is 1. The molecule has 0 aliphatic carbocycles. The molecule has 3 heteroatoms. The minimum atomic E-state index is -0.634. The van der Waals surface area contributed by atoms with Crippen molar-refractivity contribution in [3.63, 3.8) is 0 Å². The smallest absolute Gasteiger partial charge is 0.140 e. The van der Waals surface area contributed by atoms with Gasteiger partial charge in [-0.05, 0) is 6.92 Å². The highest BCUT2D eigenvalue weighted by atomic mass is 32.2. The lowest BCUT2D eigenvalue weighted by molar-refractivity contribution is -0.124. The van der Waals surface area contributed by atoms with E-state index < -0.39 is 6.10 Å². The summed E-state index contributed by atoms with van der Waals surface area (Å²) in [6.45, 7) is 5.41. The van der Waals surface area contributed by atoms with Crippen molar-refractivity contribution in [3.8, 4) is 0 Å². The van der Waals surface area contributed by atoms with E-state index in [-0.39, 0.29) is 11.7 Å². The summed E-state index contributed by atoms with van der Waals surface area (Å²) in [7, 11) is 0. The summed E-state index contributed by atoms with van der Waals surface area (Å²) in [5.41, 5.74) is 0.691. The molecule has 2 atom stereocenters. The van der Waals surface area contributed by atoms with Gasteiger partial charge < -0.3 is 5.11 Å². The fourth-order valence-corrected chi connectivity index (χ4v) is 2.41. The SMILES string of the molecule is C=C(C)[C@H](O)[C@@H]1CSCCC1=O. The first-order chi connectivity index (χ1) is 5.63. The molecule has 1 heterocycles. The van der Waals surface area contributed by atoms with Crippen LogP contribution in [0.5, 0.6) is 0 Å². The van der Waals surface area contributed by atoms with Gasteiger partial charge in [0.05, 0.1) is 12.0 Å². The van der Waals surface area contributed by atoms with E-state index in [1.807, 2.05) is 0 Å². The highest BCUT2D eigenvalue weighted by molar-refractivity contribution is 7.99. The third kappa shape index (κ3) is 2.11. The molecule has 0 amide bonds. The van der Waals surface area contributed by atoms with E-state index in [4.69, 9.17) is 0 Å². The average Bonchev–Trinajstić information content (AvgIpc) is 2.04. The van der Waals surface area contributed by atoms with Crippen molar-refractivity contribution in [2.45, 2.75) is 19.4 Å². The van der Waals surface area contributed by atoms with Crippen LogP contribution < -0.4 is 0 Å². The maximum Gasteiger partial charge on any atom is 0.140 e.